The monoisotopic (exact) mass is 356 g/mol. The van der Waals surface area contributed by atoms with Crippen molar-refractivity contribution in [2.45, 2.75) is 6.42 Å². The highest BCUT2D eigenvalue weighted by Crippen LogP contribution is 2.26. The van der Waals surface area contributed by atoms with Crippen molar-refractivity contribution in [3.05, 3.63) is 71.8 Å². The summed E-state index contributed by atoms with van der Waals surface area (Å²) in [5, 5.41) is 2.77. The fourth-order valence-electron chi connectivity index (χ4n) is 2.86. The van der Waals surface area contributed by atoms with E-state index >= 15 is 0 Å². The predicted molar refractivity (Wildman–Crippen MR) is 95.3 cm³/mol. The summed E-state index contributed by atoms with van der Waals surface area (Å²) >= 11 is 0. The van der Waals surface area contributed by atoms with Crippen molar-refractivity contribution >= 4 is 23.6 Å². The lowest BCUT2D eigenvalue weighted by Crippen LogP contribution is -2.30. The molecule has 3 rings (SSSR count). The van der Waals surface area contributed by atoms with E-state index in [2.05, 4.69) is 5.32 Å². The van der Waals surface area contributed by atoms with E-state index in [1.54, 1.807) is 6.08 Å². The van der Waals surface area contributed by atoms with Crippen LogP contribution in [0, 0.1) is 17.6 Å². The standard InChI is InChI=1S/C20H18F2N2O2/c21-17-8-7-16(11-18(17)22)24-13-15(10-20(24)26)12-23-19(25)9-6-14-4-2-1-3-5-14/h1-9,11,15H,10,12-13H2,(H,23,25). The highest BCUT2D eigenvalue weighted by molar-refractivity contribution is 5.96. The summed E-state index contributed by atoms with van der Waals surface area (Å²) in [6.07, 6.45) is 3.41. The molecule has 0 aliphatic carbocycles. The molecule has 2 aromatic carbocycles. The molecular weight excluding hydrogens is 338 g/mol. The Kier molecular flexibility index (Phi) is 5.41. The van der Waals surface area contributed by atoms with Crippen molar-refractivity contribution < 1.29 is 18.4 Å². The highest BCUT2D eigenvalue weighted by atomic mass is 19.2. The second kappa shape index (κ2) is 7.91. The van der Waals surface area contributed by atoms with Crippen molar-refractivity contribution in [2.75, 3.05) is 18.0 Å². The van der Waals surface area contributed by atoms with Crippen LogP contribution in [-0.2, 0) is 9.59 Å². The van der Waals surface area contributed by atoms with Gasteiger partial charge in [-0.25, -0.2) is 8.78 Å². The van der Waals surface area contributed by atoms with Gasteiger partial charge >= 0.3 is 0 Å². The lowest BCUT2D eigenvalue weighted by molar-refractivity contribution is -0.118. The van der Waals surface area contributed by atoms with Gasteiger partial charge < -0.3 is 10.2 Å². The van der Waals surface area contributed by atoms with Gasteiger partial charge in [0.05, 0.1) is 0 Å². The molecule has 1 unspecified atom stereocenters. The maximum atomic E-state index is 13.4. The summed E-state index contributed by atoms with van der Waals surface area (Å²) in [5.41, 5.74) is 1.25. The Balaban J connectivity index is 1.53. The Hall–Kier alpha value is -3.02. The third kappa shape index (κ3) is 4.33. The molecule has 26 heavy (non-hydrogen) atoms. The van der Waals surface area contributed by atoms with Crippen molar-refractivity contribution in [1.29, 1.82) is 0 Å². The molecule has 1 heterocycles. The first kappa shape index (κ1) is 17.8. The van der Waals surface area contributed by atoms with Gasteiger partial charge in [-0.15, -0.1) is 0 Å². The number of anilines is 1. The van der Waals surface area contributed by atoms with E-state index in [0.717, 1.165) is 17.7 Å². The molecule has 1 fully saturated rings. The van der Waals surface area contributed by atoms with Crippen LogP contribution >= 0.6 is 0 Å². The van der Waals surface area contributed by atoms with Crippen LogP contribution in [0.3, 0.4) is 0 Å². The summed E-state index contributed by atoms with van der Waals surface area (Å²) < 4.78 is 26.4. The third-order valence-corrected chi connectivity index (χ3v) is 4.21. The lowest BCUT2D eigenvalue weighted by Gasteiger charge is -2.17. The van der Waals surface area contributed by atoms with E-state index in [9.17, 15) is 18.4 Å². The summed E-state index contributed by atoms with van der Waals surface area (Å²) in [7, 11) is 0. The molecule has 1 saturated heterocycles. The summed E-state index contributed by atoms with van der Waals surface area (Å²) in [6.45, 7) is 0.691. The van der Waals surface area contributed by atoms with E-state index in [4.69, 9.17) is 0 Å². The minimum atomic E-state index is -0.988. The first-order valence-corrected chi connectivity index (χ1v) is 8.29. The molecule has 1 N–H and O–H groups in total. The number of hydrogen-bond acceptors (Lipinski definition) is 2. The van der Waals surface area contributed by atoms with Crippen LogP contribution in [0.2, 0.25) is 0 Å². The van der Waals surface area contributed by atoms with Crippen LogP contribution in [0.1, 0.15) is 12.0 Å². The van der Waals surface area contributed by atoms with Crippen LogP contribution in [0.4, 0.5) is 14.5 Å². The quantitative estimate of drug-likeness (QED) is 0.837. The second-order valence-corrected chi connectivity index (χ2v) is 6.16. The number of benzene rings is 2. The van der Waals surface area contributed by atoms with Gasteiger partial charge in [0.2, 0.25) is 11.8 Å². The third-order valence-electron chi connectivity index (χ3n) is 4.21. The summed E-state index contributed by atoms with van der Waals surface area (Å²) in [5.74, 6) is -2.43. The molecule has 1 aliphatic heterocycles. The summed E-state index contributed by atoms with van der Waals surface area (Å²) in [4.78, 5) is 25.4. The number of carbonyl (C=O) groups excluding carboxylic acids is 2. The van der Waals surface area contributed by atoms with E-state index in [1.165, 1.54) is 17.0 Å². The lowest BCUT2D eigenvalue weighted by atomic mass is 10.1. The molecular formula is C20H18F2N2O2. The number of amides is 2. The highest BCUT2D eigenvalue weighted by Gasteiger charge is 2.31. The fourth-order valence-corrected chi connectivity index (χ4v) is 2.86. The van der Waals surface area contributed by atoms with Gasteiger partial charge in [0.1, 0.15) is 0 Å². The Morgan fingerprint density at radius 2 is 1.92 bits per heavy atom. The van der Waals surface area contributed by atoms with Gasteiger partial charge in [0.25, 0.3) is 0 Å². The number of nitrogens with one attached hydrogen (secondary N) is 1. The van der Waals surface area contributed by atoms with Gasteiger partial charge in [-0.2, -0.15) is 0 Å². The largest absolute Gasteiger partial charge is 0.352 e. The Bertz CT molecular complexity index is 837. The van der Waals surface area contributed by atoms with Crippen LogP contribution < -0.4 is 10.2 Å². The normalized spacial score (nSPS) is 17.1. The van der Waals surface area contributed by atoms with Gasteiger partial charge in [-0.3, -0.25) is 9.59 Å². The Labute approximate surface area is 150 Å². The fraction of sp³-hybridized carbons (Fsp3) is 0.200. The van der Waals surface area contributed by atoms with Crippen molar-refractivity contribution in [2.24, 2.45) is 5.92 Å². The number of halogens is 2. The number of nitrogens with zero attached hydrogens (tertiary/aromatic N) is 1. The Morgan fingerprint density at radius 1 is 1.15 bits per heavy atom. The molecule has 1 atom stereocenters. The SMILES string of the molecule is O=C(C=Cc1ccccc1)NCC1CC(=O)N(c2ccc(F)c(F)c2)C1. The maximum Gasteiger partial charge on any atom is 0.244 e. The molecule has 2 amide bonds. The Morgan fingerprint density at radius 3 is 2.65 bits per heavy atom. The van der Waals surface area contributed by atoms with Crippen molar-refractivity contribution in [3.8, 4) is 0 Å². The van der Waals surface area contributed by atoms with Crippen LogP contribution in [0.15, 0.2) is 54.6 Å². The molecule has 6 heteroatoms. The van der Waals surface area contributed by atoms with Crippen LogP contribution in [-0.4, -0.2) is 24.9 Å². The molecule has 0 saturated carbocycles. The smallest absolute Gasteiger partial charge is 0.244 e. The van der Waals surface area contributed by atoms with Crippen LogP contribution in [0.5, 0.6) is 0 Å². The van der Waals surface area contributed by atoms with Gasteiger partial charge in [0, 0.05) is 43.3 Å². The van der Waals surface area contributed by atoms with Gasteiger partial charge in [-0.1, -0.05) is 30.3 Å². The zero-order chi connectivity index (χ0) is 18.5. The van der Waals surface area contributed by atoms with E-state index in [-0.39, 0.29) is 24.2 Å². The second-order valence-electron chi connectivity index (χ2n) is 6.16. The topological polar surface area (TPSA) is 49.4 Å². The van der Waals surface area contributed by atoms with Crippen molar-refractivity contribution in [3.63, 3.8) is 0 Å². The first-order valence-electron chi connectivity index (χ1n) is 8.29. The van der Waals surface area contributed by atoms with E-state index < -0.39 is 11.6 Å². The van der Waals surface area contributed by atoms with Crippen LogP contribution in [0.25, 0.3) is 6.08 Å². The minimum absolute atomic E-state index is 0.0790. The molecule has 4 nitrogen and oxygen atoms in total. The molecule has 0 aromatic heterocycles. The van der Waals surface area contributed by atoms with Gasteiger partial charge in [0.15, 0.2) is 11.6 Å². The molecule has 0 bridgehead atoms. The molecule has 134 valence electrons. The average molecular weight is 356 g/mol. The maximum absolute atomic E-state index is 13.4. The molecule has 0 radical (unpaired) electrons. The van der Waals surface area contributed by atoms with Crippen molar-refractivity contribution in [1.82, 2.24) is 5.32 Å². The first-order chi connectivity index (χ1) is 12.5. The zero-order valence-electron chi connectivity index (χ0n) is 14.0. The van der Waals surface area contributed by atoms with E-state index in [1.807, 2.05) is 30.3 Å². The minimum Gasteiger partial charge on any atom is -0.352 e. The van der Waals surface area contributed by atoms with E-state index in [0.29, 0.717) is 18.8 Å². The molecule has 0 spiro atoms. The average Bonchev–Trinajstić information content (AvgIpc) is 3.02. The number of carbonyl (C=O) groups is 2. The molecule has 2 aromatic rings. The van der Waals surface area contributed by atoms with Gasteiger partial charge in [-0.05, 0) is 23.8 Å². The predicted octanol–water partition coefficient (Wildman–Crippen LogP) is 3.15. The number of hydrogen-bond donors (Lipinski definition) is 1. The molecule has 1 aliphatic rings. The zero-order valence-corrected chi connectivity index (χ0v) is 14.0. The number of rotatable bonds is 5. The summed E-state index contributed by atoms with van der Waals surface area (Å²) in [6, 6.07) is 12.8.